The number of Topliss-reactive ketones (excluding diaryl/α,β-unsaturated/α-hetero) is 1. The molecule has 0 aromatic heterocycles. The molecule has 0 saturated heterocycles. The van der Waals surface area contributed by atoms with E-state index in [1.807, 2.05) is 39.0 Å². The molecule has 3 atom stereocenters. The molecule has 1 aliphatic rings. The molecule has 1 saturated carbocycles. The molecule has 1 aromatic carbocycles. The molecule has 1 amide bonds. The maximum absolute atomic E-state index is 12.3. The molecule has 29 heavy (non-hydrogen) atoms. The van der Waals surface area contributed by atoms with Crippen molar-refractivity contribution in [1.29, 1.82) is 0 Å². The van der Waals surface area contributed by atoms with Crippen LogP contribution in [0, 0.1) is 34.8 Å². The number of nitro groups is 1. The Morgan fingerprint density at radius 1 is 1.34 bits per heavy atom. The summed E-state index contributed by atoms with van der Waals surface area (Å²) in [4.78, 5) is 46.9. The second-order valence-electron chi connectivity index (χ2n) is 8.04. The van der Waals surface area contributed by atoms with Crippen molar-refractivity contribution in [1.82, 2.24) is 0 Å². The molecule has 0 heterocycles. The summed E-state index contributed by atoms with van der Waals surface area (Å²) in [5.41, 5.74) is 2.59. The normalized spacial score (nSPS) is 21.3. The Balaban J connectivity index is 1.93. The number of benzene rings is 1. The Hall–Kier alpha value is -2.77. The average Bonchev–Trinajstić information content (AvgIpc) is 2.88. The Morgan fingerprint density at radius 2 is 2.03 bits per heavy atom. The lowest BCUT2D eigenvalue weighted by Gasteiger charge is -2.18. The fourth-order valence-electron chi connectivity index (χ4n) is 3.90. The van der Waals surface area contributed by atoms with Gasteiger partial charge in [0, 0.05) is 28.9 Å². The monoisotopic (exact) mass is 404 g/mol. The molecule has 8 heteroatoms. The van der Waals surface area contributed by atoms with E-state index in [0.29, 0.717) is 5.69 Å². The van der Waals surface area contributed by atoms with Crippen LogP contribution in [0.4, 0.5) is 5.69 Å². The zero-order valence-corrected chi connectivity index (χ0v) is 17.3. The van der Waals surface area contributed by atoms with E-state index in [2.05, 4.69) is 5.32 Å². The van der Waals surface area contributed by atoms with Gasteiger partial charge in [-0.1, -0.05) is 39.0 Å². The number of amides is 1. The van der Waals surface area contributed by atoms with Crippen LogP contribution in [0.3, 0.4) is 0 Å². The Labute approximate surface area is 170 Å². The van der Waals surface area contributed by atoms with E-state index in [1.165, 1.54) is 0 Å². The molecule has 1 fully saturated rings. The number of nitrogens with zero attached hydrogens (tertiary/aromatic N) is 1. The van der Waals surface area contributed by atoms with Gasteiger partial charge < -0.3 is 10.1 Å². The van der Waals surface area contributed by atoms with Crippen LogP contribution in [0.15, 0.2) is 18.2 Å². The number of hydrogen-bond acceptors (Lipinski definition) is 6. The number of nitrogens with one attached hydrogen (secondary N) is 1. The van der Waals surface area contributed by atoms with Crippen molar-refractivity contribution >= 4 is 23.3 Å². The molecule has 8 nitrogen and oxygen atoms in total. The molecule has 0 radical (unpaired) electrons. The van der Waals surface area contributed by atoms with Crippen LogP contribution in [0.25, 0.3) is 0 Å². The van der Waals surface area contributed by atoms with Gasteiger partial charge in [0.2, 0.25) is 6.54 Å². The summed E-state index contributed by atoms with van der Waals surface area (Å²) in [6, 6.07) is 5.73. The number of para-hydroxylation sites is 1. The molecule has 0 aliphatic heterocycles. The molecule has 1 N–H and O–H groups in total. The lowest BCUT2D eigenvalue weighted by molar-refractivity contribution is -0.490. The topological polar surface area (TPSA) is 116 Å². The molecule has 158 valence electrons. The van der Waals surface area contributed by atoms with Crippen molar-refractivity contribution in [2.75, 3.05) is 18.5 Å². The number of hydrogen-bond donors (Lipinski definition) is 1. The van der Waals surface area contributed by atoms with Gasteiger partial charge in [-0.25, -0.2) is 0 Å². The number of carbonyl (C=O) groups is 3. The van der Waals surface area contributed by atoms with Crippen LogP contribution in [-0.2, 0) is 19.1 Å². The van der Waals surface area contributed by atoms with Gasteiger partial charge >= 0.3 is 5.97 Å². The lowest BCUT2D eigenvalue weighted by atomic mass is 9.88. The fourth-order valence-corrected chi connectivity index (χ4v) is 3.90. The minimum atomic E-state index is -0.727. The minimum Gasteiger partial charge on any atom is -0.456 e. The van der Waals surface area contributed by atoms with Gasteiger partial charge in [-0.2, -0.15) is 0 Å². The number of carbonyl (C=O) groups excluding carboxylic acids is 3. The van der Waals surface area contributed by atoms with Gasteiger partial charge in [-0.15, -0.1) is 0 Å². The van der Waals surface area contributed by atoms with Crippen molar-refractivity contribution in [3.63, 3.8) is 0 Å². The Morgan fingerprint density at radius 3 is 2.66 bits per heavy atom. The first kappa shape index (κ1) is 22.5. The first-order valence-corrected chi connectivity index (χ1v) is 9.79. The van der Waals surface area contributed by atoms with Crippen molar-refractivity contribution in [3.05, 3.63) is 39.4 Å². The summed E-state index contributed by atoms with van der Waals surface area (Å²) in [6.07, 6.45) is -0.0151. The van der Waals surface area contributed by atoms with Gasteiger partial charge in [-0.05, 0) is 29.9 Å². The van der Waals surface area contributed by atoms with E-state index < -0.39 is 35.2 Å². The summed E-state index contributed by atoms with van der Waals surface area (Å²) in [7, 11) is 0. The minimum absolute atomic E-state index is 0.149. The van der Waals surface area contributed by atoms with Gasteiger partial charge in [-0.3, -0.25) is 24.5 Å². The number of aryl methyl sites for hydroxylation is 1. The summed E-state index contributed by atoms with van der Waals surface area (Å²) in [5.74, 6) is -2.48. The second kappa shape index (κ2) is 9.62. The molecule has 0 spiro atoms. The fraction of sp³-hybridized carbons (Fsp3) is 0.571. The number of esters is 1. The van der Waals surface area contributed by atoms with Gasteiger partial charge in [0.1, 0.15) is 5.78 Å². The highest BCUT2D eigenvalue weighted by atomic mass is 16.6. The first-order chi connectivity index (χ1) is 13.6. The van der Waals surface area contributed by atoms with Gasteiger partial charge in [0.05, 0.1) is 6.42 Å². The van der Waals surface area contributed by atoms with E-state index in [4.69, 9.17) is 4.74 Å². The molecule has 1 aliphatic carbocycles. The quantitative estimate of drug-likeness (QED) is 0.404. The highest BCUT2D eigenvalue weighted by Crippen LogP contribution is 2.36. The maximum Gasteiger partial charge on any atom is 0.307 e. The second-order valence-corrected chi connectivity index (χ2v) is 8.04. The third kappa shape index (κ3) is 5.85. The van der Waals surface area contributed by atoms with Crippen LogP contribution in [0.1, 0.15) is 50.7 Å². The third-order valence-corrected chi connectivity index (χ3v) is 5.49. The van der Waals surface area contributed by atoms with Crippen LogP contribution in [-0.4, -0.2) is 35.7 Å². The molecule has 0 bridgehead atoms. The van der Waals surface area contributed by atoms with Crippen molar-refractivity contribution in [3.8, 4) is 0 Å². The molecular formula is C21H28N2O6. The predicted octanol–water partition coefficient (Wildman–Crippen LogP) is 3.11. The van der Waals surface area contributed by atoms with Gasteiger partial charge in [0.25, 0.3) is 5.91 Å². The maximum atomic E-state index is 12.3. The van der Waals surface area contributed by atoms with Crippen LogP contribution >= 0.6 is 0 Å². The van der Waals surface area contributed by atoms with Crippen molar-refractivity contribution in [2.24, 2.45) is 17.8 Å². The summed E-state index contributed by atoms with van der Waals surface area (Å²) < 4.78 is 5.04. The highest BCUT2D eigenvalue weighted by molar-refractivity contribution is 5.94. The highest BCUT2D eigenvalue weighted by Gasteiger charge is 2.44. The Bertz CT molecular complexity index is 804. The Kier molecular flexibility index (Phi) is 7.47. The zero-order valence-electron chi connectivity index (χ0n) is 17.3. The molecular weight excluding hydrogens is 376 g/mol. The first-order valence-electron chi connectivity index (χ1n) is 9.79. The van der Waals surface area contributed by atoms with E-state index in [0.717, 1.165) is 11.1 Å². The lowest BCUT2D eigenvalue weighted by Crippen LogP contribution is -2.28. The van der Waals surface area contributed by atoms with E-state index >= 15 is 0 Å². The number of anilines is 1. The summed E-state index contributed by atoms with van der Waals surface area (Å²) >= 11 is 0. The molecule has 2 rings (SSSR count). The van der Waals surface area contributed by atoms with Crippen LogP contribution < -0.4 is 5.32 Å². The van der Waals surface area contributed by atoms with E-state index in [1.54, 1.807) is 6.92 Å². The van der Waals surface area contributed by atoms with E-state index in [-0.39, 0.29) is 37.0 Å². The summed E-state index contributed by atoms with van der Waals surface area (Å²) in [6.45, 7) is 6.88. The average molecular weight is 404 g/mol. The molecule has 1 aromatic rings. The van der Waals surface area contributed by atoms with Gasteiger partial charge in [0.15, 0.2) is 6.61 Å². The number of ketones is 1. The van der Waals surface area contributed by atoms with Crippen molar-refractivity contribution in [2.45, 2.75) is 46.5 Å². The van der Waals surface area contributed by atoms with Crippen molar-refractivity contribution < 1.29 is 24.0 Å². The SMILES string of the molecule is Cc1cccc(C(C)C)c1NC(=O)COC(=O)C[C@H]1C(=O)C[C@@H](C)[C@@H]1C[N+](=O)[O-]. The largest absolute Gasteiger partial charge is 0.456 e. The smallest absolute Gasteiger partial charge is 0.307 e. The zero-order chi connectivity index (χ0) is 21.7. The number of rotatable bonds is 8. The predicted molar refractivity (Wildman–Crippen MR) is 107 cm³/mol. The number of ether oxygens (including phenoxy) is 1. The van der Waals surface area contributed by atoms with Crippen LogP contribution in [0.5, 0.6) is 0 Å². The van der Waals surface area contributed by atoms with Crippen LogP contribution in [0.2, 0.25) is 0 Å². The standard InChI is InChI=1S/C21H28N2O6/c1-12(2)15-7-5-6-13(3)21(15)22-19(25)11-29-20(26)9-16-17(10-23(27)28)14(4)8-18(16)24/h5-7,12,14,16-17H,8-11H2,1-4H3,(H,22,25)/t14-,16-,17+/m1/s1. The summed E-state index contributed by atoms with van der Waals surface area (Å²) in [5, 5.41) is 13.6. The third-order valence-electron chi connectivity index (χ3n) is 5.49. The van der Waals surface area contributed by atoms with E-state index in [9.17, 15) is 24.5 Å². The molecule has 0 unspecified atom stereocenters.